The molecule has 5 nitrogen and oxygen atoms in total. The first kappa shape index (κ1) is 20.3. The summed E-state index contributed by atoms with van der Waals surface area (Å²) in [6.07, 6.45) is 4.11. The molecule has 1 aliphatic heterocycles. The fourth-order valence-corrected chi connectivity index (χ4v) is 3.59. The van der Waals surface area contributed by atoms with Gasteiger partial charge in [0.15, 0.2) is 0 Å². The molecule has 2 heterocycles. The lowest BCUT2D eigenvalue weighted by molar-refractivity contribution is -0.119. The van der Waals surface area contributed by atoms with Gasteiger partial charge in [-0.05, 0) is 75.7 Å². The number of carbonyl (C=O) groups is 1. The van der Waals surface area contributed by atoms with E-state index in [0.717, 1.165) is 50.4 Å². The van der Waals surface area contributed by atoms with Crippen LogP contribution in [-0.2, 0) is 11.3 Å². The summed E-state index contributed by atoms with van der Waals surface area (Å²) < 4.78 is 13.4. The van der Waals surface area contributed by atoms with Crippen LogP contribution < -0.4 is 9.80 Å². The molecule has 1 amide bonds. The molecule has 0 atom stereocenters. The fraction of sp³-hybridized carbons (Fsp3) is 0.455. The SMILES string of the molecule is CCN(CC)c1ccc(CN(C(=O)CN2CCCC2)c2ccc(F)cc2)cn1. The number of amides is 1. The molecule has 28 heavy (non-hydrogen) atoms. The summed E-state index contributed by atoms with van der Waals surface area (Å²) in [5.74, 6) is 0.660. The predicted octanol–water partition coefficient (Wildman–Crippen LogP) is 3.70. The van der Waals surface area contributed by atoms with Crippen LogP contribution in [0, 0.1) is 5.82 Å². The van der Waals surface area contributed by atoms with E-state index in [-0.39, 0.29) is 11.7 Å². The Labute approximate surface area is 166 Å². The van der Waals surface area contributed by atoms with Crippen molar-refractivity contribution in [1.82, 2.24) is 9.88 Å². The Bertz CT molecular complexity index is 753. The number of benzene rings is 1. The maximum atomic E-state index is 13.4. The second-order valence-corrected chi connectivity index (χ2v) is 7.14. The summed E-state index contributed by atoms with van der Waals surface area (Å²) in [6.45, 7) is 8.74. The Morgan fingerprint density at radius 3 is 2.32 bits per heavy atom. The molecule has 1 aromatic carbocycles. The van der Waals surface area contributed by atoms with Crippen molar-refractivity contribution >= 4 is 17.4 Å². The van der Waals surface area contributed by atoms with Crippen LogP contribution in [0.15, 0.2) is 42.6 Å². The van der Waals surface area contributed by atoms with Crippen molar-refractivity contribution in [2.45, 2.75) is 33.2 Å². The Hall–Kier alpha value is -2.47. The van der Waals surface area contributed by atoms with Gasteiger partial charge in [0, 0.05) is 25.0 Å². The molecule has 0 N–H and O–H groups in total. The highest BCUT2D eigenvalue weighted by atomic mass is 19.1. The first-order valence-electron chi connectivity index (χ1n) is 10.1. The van der Waals surface area contributed by atoms with Crippen LogP contribution in [0.1, 0.15) is 32.3 Å². The summed E-state index contributed by atoms with van der Waals surface area (Å²) in [7, 11) is 0. The van der Waals surface area contributed by atoms with Gasteiger partial charge in [-0.1, -0.05) is 6.07 Å². The molecule has 3 rings (SSSR count). The number of rotatable bonds is 8. The summed E-state index contributed by atoms with van der Waals surface area (Å²) in [5.41, 5.74) is 1.66. The van der Waals surface area contributed by atoms with Gasteiger partial charge in [-0.3, -0.25) is 9.69 Å². The minimum Gasteiger partial charge on any atom is -0.357 e. The normalized spacial score (nSPS) is 14.2. The van der Waals surface area contributed by atoms with Crippen LogP contribution in [0.4, 0.5) is 15.9 Å². The van der Waals surface area contributed by atoms with Gasteiger partial charge in [0.25, 0.3) is 0 Å². The van der Waals surface area contributed by atoms with Gasteiger partial charge in [0.1, 0.15) is 11.6 Å². The highest BCUT2D eigenvalue weighted by molar-refractivity contribution is 5.94. The van der Waals surface area contributed by atoms with E-state index in [4.69, 9.17) is 0 Å². The number of halogens is 1. The number of pyridine rings is 1. The third-order valence-electron chi connectivity index (χ3n) is 5.23. The van der Waals surface area contributed by atoms with E-state index in [1.165, 1.54) is 12.1 Å². The van der Waals surface area contributed by atoms with Crippen LogP contribution in [0.2, 0.25) is 0 Å². The van der Waals surface area contributed by atoms with E-state index in [1.54, 1.807) is 17.0 Å². The molecule has 1 saturated heterocycles. The molecule has 150 valence electrons. The van der Waals surface area contributed by atoms with Crippen LogP contribution in [0.5, 0.6) is 0 Å². The molecule has 0 bridgehead atoms. The van der Waals surface area contributed by atoms with Gasteiger partial charge in [-0.15, -0.1) is 0 Å². The number of carbonyl (C=O) groups excluding carboxylic acids is 1. The molecule has 1 fully saturated rings. The molecule has 0 unspecified atom stereocenters. The number of aromatic nitrogens is 1. The zero-order chi connectivity index (χ0) is 19.9. The van der Waals surface area contributed by atoms with Crippen molar-refractivity contribution in [3.05, 3.63) is 54.0 Å². The Morgan fingerprint density at radius 2 is 1.75 bits per heavy atom. The average Bonchev–Trinajstić information content (AvgIpc) is 3.22. The van der Waals surface area contributed by atoms with E-state index in [9.17, 15) is 9.18 Å². The number of likely N-dealkylation sites (tertiary alicyclic amines) is 1. The molecule has 0 spiro atoms. The summed E-state index contributed by atoms with van der Waals surface area (Å²) in [5, 5.41) is 0. The highest BCUT2D eigenvalue weighted by Gasteiger charge is 2.21. The van der Waals surface area contributed by atoms with E-state index in [0.29, 0.717) is 18.8 Å². The van der Waals surface area contributed by atoms with E-state index < -0.39 is 0 Å². The monoisotopic (exact) mass is 384 g/mol. The topological polar surface area (TPSA) is 39.7 Å². The summed E-state index contributed by atoms with van der Waals surface area (Å²) in [6, 6.07) is 10.1. The van der Waals surface area contributed by atoms with Crippen LogP contribution in [0.25, 0.3) is 0 Å². The van der Waals surface area contributed by atoms with Gasteiger partial charge >= 0.3 is 0 Å². The van der Waals surface area contributed by atoms with E-state index in [2.05, 4.69) is 28.6 Å². The van der Waals surface area contributed by atoms with E-state index in [1.807, 2.05) is 18.3 Å². The minimum atomic E-state index is -0.305. The molecular weight excluding hydrogens is 355 g/mol. The van der Waals surface area contributed by atoms with Crippen molar-refractivity contribution in [2.24, 2.45) is 0 Å². The van der Waals surface area contributed by atoms with Crippen molar-refractivity contribution in [3.8, 4) is 0 Å². The Balaban J connectivity index is 1.78. The number of nitrogens with zero attached hydrogens (tertiary/aromatic N) is 4. The molecule has 0 saturated carbocycles. The van der Waals surface area contributed by atoms with E-state index >= 15 is 0 Å². The molecular formula is C22H29FN4O. The lowest BCUT2D eigenvalue weighted by Gasteiger charge is -2.26. The van der Waals surface area contributed by atoms with Crippen molar-refractivity contribution in [1.29, 1.82) is 0 Å². The van der Waals surface area contributed by atoms with Crippen LogP contribution in [-0.4, -0.2) is 48.5 Å². The zero-order valence-electron chi connectivity index (χ0n) is 16.8. The summed E-state index contributed by atoms with van der Waals surface area (Å²) in [4.78, 5) is 23.7. The lowest BCUT2D eigenvalue weighted by Crippen LogP contribution is -2.39. The lowest BCUT2D eigenvalue weighted by atomic mass is 10.2. The second kappa shape index (κ2) is 9.64. The zero-order valence-corrected chi connectivity index (χ0v) is 16.8. The largest absolute Gasteiger partial charge is 0.357 e. The molecule has 1 aliphatic rings. The Kier molecular flexibility index (Phi) is 6.98. The van der Waals surface area contributed by atoms with Gasteiger partial charge in [0.05, 0.1) is 13.1 Å². The smallest absolute Gasteiger partial charge is 0.241 e. The summed E-state index contributed by atoms with van der Waals surface area (Å²) >= 11 is 0. The molecule has 2 aromatic rings. The number of anilines is 2. The fourth-order valence-electron chi connectivity index (χ4n) is 3.59. The van der Waals surface area contributed by atoms with Crippen molar-refractivity contribution in [3.63, 3.8) is 0 Å². The van der Waals surface area contributed by atoms with Gasteiger partial charge in [0.2, 0.25) is 5.91 Å². The minimum absolute atomic E-state index is 0.0290. The predicted molar refractivity (Wildman–Crippen MR) is 111 cm³/mol. The second-order valence-electron chi connectivity index (χ2n) is 7.14. The first-order valence-corrected chi connectivity index (χ1v) is 10.1. The highest BCUT2D eigenvalue weighted by Crippen LogP contribution is 2.20. The molecule has 6 heteroatoms. The van der Waals surface area contributed by atoms with Gasteiger partial charge in [-0.2, -0.15) is 0 Å². The number of hydrogen-bond acceptors (Lipinski definition) is 4. The Morgan fingerprint density at radius 1 is 1.07 bits per heavy atom. The third kappa shape index (κ3) is 5.07. The standard InChI is InChI=1S/C22H29FN4O/c1-3-26(4-2)21-12-7-18(15-24-21)16-27(20-10-8-19(23)9-11-20)22(28)17-25-13-5-6-14-25/h7-12,15H,3-6,13-14,16-17H2,1-2H3. The molecule has 1 aromatic heterocycles. The van der Waals surface area contributed by atoms with Gasteiger partial charge in [-0.25, -0.2) is 9.37 Å². The maximum Gasteiger partial charge on any atom is 0.241 e. The number of hydrogen-bond donors (Lipinski definition) is 0. The van der Waals surface area contributed by atoms with Crippen molar-refractivity contribution in [2.75, 3.05) is 42.5 Å². The average molecular weight is 384 g/mol. The maximum absolute atomic E-state index is 13.4. The first-order chi connectivity index (χ1) is 13.6. The third-order valence-corrected chi connectivity index (χ3v) is 5.23. The van der Waals surface area contributed by atoms with Crippen LogP contribution in [0.3, 0.4) is 0 Å². The van der Waals surface area contributed by atoms with Gasteiger partial charge < -0.3 is 9.80 Å². The quantitative estimate of drug-likeness (QED) is 0.696. The molecule has 0 aliphatic carbocycles. The van der Waals surface area contributed by atoms with Crippen molar-refractivity contribution < 1.29 is 9.18 Å². The molecule has 0 radical (unpaired) electrons. The van der Waals surface area contributed by atoms with Crippen LogP contribution >= 0.6 is 0 Å².